The first-order valence-electron chi connectivity index (χ1n) is 9.40. The third-order valence-corrected chi connectivity index (χ3v) is 4.96. The van der Waals surface area contributed by atoms with E-state index in [1.165, 1.54) is 0 Å². The number of hydrogen-bond donors (Lipinski definition) is 2. The lowest BCUT2D eigenvalue weighted by Gasteiger charge is -2.10. The standard InChI is InChI=1S/C23H18ClN3O3S/c1-29-18-4-2-3-15(12-18)22(28)27-23(31)25-17-8-5-14(6-9-17)11-21-26-19-13-16(24)7-10-20(19)30-21/h2-10,12-13H,11H2,1H3,(H2,25,27,28,31). The van der Waals surface area contributed by atoms with E-state index >= 15 is 0 Å². The van der Waals surface area contributed by atoms with Gasteiger partial charge in [-0.15, -0.1) is 0 Å². The van der Waals surface area contributed by atoms with Gasteiger partial charge in [0.25, 0.3) is 5.91 Å². The molecule has 1 aromatic heterocycles. The molecule has 31 heavy (non-hydrogen) atoms. The zero-order valence-electron chi connectivity index (χ0n) is 16.5. The topological polar surface area (TPSA) is 76.4 Å². The van der Waals surface area contributed by atoms with Crippen LogP contribution in [0.15, 0.2) is 71.1 Å². The highest BCUT2D eigenvalue weighted by Crippen LogP contribution is 2.22. The summed E-state index contributed by atoms with van der Waals surface area (Å²) in [4.78, 5) is 16.8. The second kappa shape index (κ2) is 9.16. The van der Waals surface area contributed by atoms with Crippen LogP contribution in [0.3, 0.4) is 0 Å². The van der Waals surface area contributed by atoms with Crippen LogP contribution >= 0.6 is 23.8 Å². The lowest BCUT2D eigenvalue weighted by atomic mass is 10.1. The number of halogens is 1. The average molecular weight is 452 g/mol. The normalized spacial score (nSPS) is 10.6. The van der Waals surface area contributed by atoms with Gasteiger partial charge < -0.3 is 14.5 Å². The number of nitrogens with one attached hydrogen (secondary N) is 2. The highest BCUT2D eigenvalue weighted by atomic mass is 35.5. The van der Waals surface area contributed by atoms with Crippen LogP contribution in [0.4, 0.5) is 5.69 Å². The molecule has 0 fully saturated rings. The molecule has 3 aromatic carbocycles. The van der Waals surface area contributed by atoms with Crippen molar-refractivity contribution in [1.29, 1.82) is 0 Å². The summed E-state index contributed by atoms with van der Waals surface area (Å²) in [5.74, 6) is 0.896. The molecule has 2 N–H and O–H groups in total. The molecule has 0 radical (unpaired) electrons. The van der Waals surface area contributed by atoms with E-state index in [1.807, 2.05) is 30.3 Å². The number of anilines is 1. The number of carbonyl (C=O) groups is 1. The molecule has 0 aliphatic carbocycles. The Morgan fingerprint density at radius 3 is 2.71 bits per heavy atom. The second-order valence-electron chi connectivity index (χ2n) is 6.73. The van der Waals surface area contributed by atoms with Gasteiger partial charge in [-0.25, -0.2) is 4.98 Å². The van der Waals surface area contributed by atoms with E-state index in [9.17, 15) is 4.79 Å². The fraction of sp³-hybridized carbons (Fsp3) is 0.0870. The number of thiocarbonyl (C=S) groups is 1. The third-order valence-electron chi connectivity index (χ3n) is 4.52. The maximum Gasteiger partial charge on any atom is 0.257 e. The summed E-state index contributed by atoms with van der Waals surface area (Å²) in [6, 6.07) is 19.8. The maximum absolute atomic E-state index is 12.3. The predicted octanol–water partition coefficient (Wildman–Crippen LogP) is 5.21. The van der Waals surface area contributed by atoms with Crippen molar-refractivity contribution < 1.29 is 13.9 Å². The number of fused-ring (bicyclic) bond motifs is 1. The molecular weight excluding hydrogens is 434 g/mol. The summed E-state index contributed by atoms with van der Waals surface area (Å²) in [7, 11) is 1.55. The summed E-state index contributed by atoms with van der Waals surface area (Å²) in [5.41, 5.74) is 3.67. The first-order chi connectivity index (χ1) is 15.0. The summed E-state index contributed by atoms with van der Waals surface area (Å²) >= 11 is 11.2. The zero-order chi connectivity index (χ0) is 21.8. The first kappa shape index (κ1) is 20.8. The van der Waals surface area contributed by atoms with Crippen molar-refractivity contribution in [2.24, 2.45) is 0 Å². The largest absolute Gasteiger partial charge is 0.497 e. The lowest BCUT2D eigenvalue weighted by Crippen LogP contribution is -2.34. The van der Waals surface area contributed by atoms with Crippen molar-refractivity contribution in [3.63, 3.8) is 0 Å². The van der Waals surface area contributed by atoms with E-state index in [0.717, 1.165) is 16.8 Å². The minimum Gasteiger partial charge on any atom is -0.497 e. The van der Waals surface area contributed by atoms with Crippen LogP contribution in [-0.2, 0) is 6.42 Å². The van der Waals surface area contributed by atoms with Gasteiger partial charge in [-0.3, -0.25) is 10.1 Å². The number of nitrogens with zero attached hydrogens (tertiary/aromatic N) is 1. The fourth-order valence-electron chi connectivity index (χ4n) is 3.01. The summed E-state index contributed by atoms with van der Waals surface area (Å²) in [5, 5.41) is 6.49. The lowest BCUT2D eigenvalue weighted by molar-refractivity contribution is 0.0977. The molecule has 0 saturated heterocycles. The van der Waals surface area contributed by atoms with Gasteiger partial charge in [0.2, 0.25) is 0 Å². The molecule has 0 saturated carbocycles. The second-order valence-corrected chi connectivity index (χ2v) is 7.58. The van der Waals surface area contributed by atoms with Crippen LogP contribution in [0.5, 0.6) is 5.75 Å². The Kier molecular flexibility index (Phi) is 6.16. The monoisotopic (exact) mass is 451 g/mol. The van der Waals surface area contributed by atoms with Crippen molar-refractivity contribution in [2.75, 3.05) is 12.4 Å². The number of oxazole rings is 1. The summed E-state index contributed by atoms with van der Waals surface area (Å²) in [6.07, 6.45) is 0.545. The van der Waals surface area contributed by atoms with Gasteiger partial charge >= 0.3 is 0 Å². The molecule has 1 amide bonds. The molecule has 0 aliphatic heterocycles. The molecule has 8 heteroatoms. The smallest absolute Gasteiger partial charge is 0.257 e. The van der Waals surface area contributed by atoms with E-state index in [1.54, 1.807) is 43.5 Å². The highest BCUT2D eigenvalue weighted by Gasteiger charge is 2.10. The van der Waals surface area contributed by atoms with Crippen molar-refractivity contribution in [3.05, 3.63) is 88.8 Å². The van der Waals surface area contributed by atoms with Gasteiger partial charge in [-0.1, -0.05) is 29.8 Å². The van der Waals surface area contributed by atoms with E-state index in [4.69, 9.17) is 33.0 Å². The van der Waals surface area contributed by atoms with Crippen LogP contribution in [0.25, 0.3) is 11.1 Å². The third kappa shape index (κ3) is 5.20. The van der Waals surface area contributed by atoms with E-state index in [-0.39, 0.29) is 11.0 Å². The zero-order valence-corrected chi connectivity index (χ0v) is 18.1. The van der Waals surface area contributed by atoms with Crippen molar-refractivity contribution in [2.45, 2.75) is 6.42 Å². The van der Waals surface area contributed by atoms with E-state index < -0.39 is 0 Å². The summed E-state index contributed by atoms with van der Waals surface area (Å²) in [6.45, 7) is 0. The Morgan fingerprint density at radius 1 is 1.13 bits per heavy atom. The number of benzene rings is 3. The van der Waals surface area contributed by atoms with Gasteiger partial charge in [0.1, 0.15) is 11.3 Å². The molecule has 0 bridgehead atoms. The molecule has 156 valence electrons. The predicted molar refractivity (Wildman–Crippen MR) is 125 cm³/mol. The molecule has 4 rings (SSSR count). The Bertz CT molecular complexity index is 1250. The quantitative estimate of drug-likeness (QED) is 0.406. The molecule has 6 nitrogen and oxygen atoms in total. The number of ether oxygens (including phenoxy) is 1. The van der Waals surface area contributed by atoms with Crippen molar-refractivity contribution in [1.82, 2.24) is 10.3 Å². The summed E-state index contributed by atoms with van der Waals surface area (Å²) < 4.78 is 10.9. The number of carbonyl (C=O) groups excluding carboxylic acids is 1. The van der Waals surface area contributed by atoms with E-state index in [0.29, 0.717) is 34.2 Å². The van der Waals surface area contributed by atoms with Gasteiger partial charge in [0.15, 0.2) is 16.6 Å². The number of amides is 1. The SMILES string of the molecule is COc1cccc(C(=O)NC(=S)Nc2ccc(Cc3nc4cc(Cl)ccc4o3)cc2)c1. The van der Waals surface area contributed by atoms with Crippen LogP contribution in [-0.4, -0.2) is 23.1 Å². The molecule has 1 heterocycles. The Morgan fingerprint density at radius 2 is 1.94 bits per heavy atom. The van der Waals surface area contributed by atoms with Crippen LogP contribution in [0.2, 0.25) is 5.02 Å². The molecule has 0 unspecified atom stereocenters. The van der Waals surface area contributed by atoms with Gasteiger partial charge in [0.05, 0.1) is 7.11 Å². The fourth-order valence-corrected chi connectivity index (χ4v) is 3.38. The van der Waals surface area contributed by atoms with Crippen LogP contribution < -0.4 is 15.4 Å². The first-order valence-corrected chi connectivity index (χ1v) is 10.2. The molecule has 4 aromatic rings. The van der Waals surface area contributed by atoms with Crippen LogP contribution in [0, 0.1) is 0 Å². The number of hydrogen-bond acceptors (Lipinski definition) is 5. The molecule has 0 aliphatic rings. The molecular formula is C23H18ClN3O3S. The number of rotatable bonds is 5. The molecule has 0 spiro atoms. The Balaban J connectivity index is 1.36. The number of aromatic nitrogens is 1. The van der Waals surface area contributed by atoms with E-state index in [2.05, 4.69) is 15.6 Å². The van der Waals surface area contributed by atoms with Gasteiger partial charge in [-0.2, -0.15) is 0 Å². The Labute approximate surface area is 189 Å². The van der Waals surface area contributed by atoms with Gasteiger partial charge in [0, 0.05) is 22.7 Å². The maximum atomic E-state index is 12.3. The minimum absolute atomic E-state index is 0.205. The van der Waals surface area contributed by atoms with Crippen LogP contribution in [0.1, 0.15) is 21.8 Å². The molecule has 0 atom stereocenters. The van der Waals surface area contributed by atoms with Crippen molar-refractivity contribution in [3.8, 4) is 5.75 Å². The van der Waals surface area contributed by atoms with Crippen molar-refractivity contribution >= 4 is 51.6 Å². The Hall–Kier alpha value is -3.42. The minimum atomic E-state index is -0.316. The average Bonchev–Trinajstić information content (AvgIpc) is 3.16. The number of methoxy groups -OCH3 is 1. The van der Waals surface area contributed by atoms with Gasteiger partial charge in [-0.05, 0) is 66.3 Å². The highest BCUT2D eigenvalue weighted by molar-refractivity contribution is 7.80.